The number of carbonyl (C=O) groups is 2. The molecule has 5 unspecified atom stereocenters. The van der Waals surface area contributed by atoms with E-state index in [2.05, 4.69) is 10.3 Å². The zero-order chi connectivity index (χ0) is 20.4. The van der Waals surface area contributed by atoms with Gasteiger partial charge in [0.2, 0.25) is 0 Å². The minimum Gasteiger partial charge on any atom is -0.364 e. The van der Waals surface area contributed by atoms with Gasteiger partial charge in [0.15, 0.2) is 29.3 Å². The summed E-state index contributed by atoms with van der Waals surface area (Å²) in [4.78, 5) is 23.7. The second-order valence-corrected chi connectivity index (χ2v) is 7.89. The highest BCUT2D eigenvalue weighted by Gasteiger charge is 2.60. The molecule has 3 aliphatic heterocycles. The number of ether oxygens (including phenoxy) is 5. The van der Waals surface area contributed by atoms with Gasteiger partial charge in [0.05, 0.1) is 6.61 Å². The minimum atomic E-state index is -0.919. The number of hydrogen-bond acceptors (Lipinski definition) is 9. The van der Waals surface area contributed by atoms with Crippen LogP contribution in [-0.4, -0.2) is 69.6 Å². The molecule has 0 radical (unpaired) electrons. The SMILES string of the molecule is CC1(C)OCC(C2OC3OC(C)(C)OC3C2n2nnc(C(N)=O)c2C(N)=O)O1. The van der Waals surface area contributed by atoms with E-state index in [1.54, 1.807) is 27.7 Å². The van der Waals surface area contributed by atoms with Crippen LogP contribution in [0.4, 0.5) is 0 Å². The van der Waals surface area contributed by atoms with E-state index in [1.165, 1.54) is 4.68 Å². The smallest absolute Gasteiger partial charge is 0.271 e. The van der Waals surface area contributed by atoms with E-state index in [9.17, 15) is 9.59 Å². The van der Waals surface area contributed by atoms with Crippen molar-refractivity contribution in [3.05, 3.63) is 11.4 Å². The first kappa shape index (κ1) is 19.2. The fourth-order valence-corrected chi connectivity index (χ4v) is 3.88. The minimum absolute atomic E-state index is 0.224. The first-order valence-corrected chi connectivity index (χ1v) is 8.87. The summed E-state index contributed by atoms with van der Waals surface area (Å²) in [7, 11) is 0. The van der Waals surface area contributed by atoms with Crippen molar-refractivity contribution in [2.75, 3.05) is 6.61 Å². The average Bonchev–Trinajstić information content (AvgIpc) is 3.26. The van der Waals surface area contributed by atoms with Crippen molar-refractivity contribution in [1.82, 2.24) is 15.0 Å². The van der Waals surface area contributed by atoms with Crippen LogP contribution < -0.4 is 11.5 Å². The van der Waals surface area contributed by atoms with E-state index >= 15 is 0 Å². The third kappa shape index (κ3) is 3.06. The molecule has 12 heteroatoms. The Labute approximate surface area is 160 Å². The third-order valence-corrected chi connectivity index (χ3v) is 4.89. The molecule has 0 aromatic carbocycles. The van der Waals surface area contributed by atoms with Gasteiger partial charge in [-0.1, -0.05) is 5.21 Å². The summed E-state index contributed by atoms with van der Waals surface area (Å²) in [6.07, 6.45) is -2.54. The predicted octanol–water partition coefficient (Wildman–Crippen LogP) is -0.955. The number of fused-ring (bicyclic) bond motifs is 1. The van der Waals surface area contributed by atoms with E-state index < -0.39 is 54.0 Å². The van der Waals surface area contributed by atoms with Crippen LogP contribution >= 0.6 is 0 Å². The van der Waals surface area contributed by atoms with Crippen LogP contribution in [0.2, 0.25) is 0 Å². The molecule has 28 heavy (non-hydrogen) atoms. The van der Waals surface area contributed by atoms with Gasteiger partial charge in [0.25, 0.3) is 11.8 Å². The van der Waals surface area contributed by atoms with Crippen molar-refractivity contribution in [3.63, 3.8) is 0 Å². The standard InChI is InChI=1S/C16H23N5O7/c1-15(2)24-5-6(26-15)10-9(11-14(25-10)28-16(3,4)27-11)21-8(13(18)23)7(12(17)22)19-20-21/h6,9-11,14H,5H2,1-4H3,(H2,17,22)(H2,18,23). The number of primary amides is 2. The van der Waals surface area contributed by atoms with Crippen LogP contribution in [-0.2, 0) is 23.7 Å². The highest BCUT2D eigenvalue weighted by atomic mass is 16.8. The summed E-state index contributed by atoms with van der Waals surface area (Å²) in [6.45, 7) is 7.29. The Morgan fingerprint density at radius 1 is 1.04 bits per heavy atom. The van der Waals surface area contributed by atoms with Crippen LogP contribution in [0.15, 0.2) is 0 Å². The monoisotopic (exact) mass is 397 g/mol. The van der Waals surface area contributed by atoms with Gasteiger partial charge in [-0.05, 0) is 27.7 Å². The predicted molar refractivity (Wildman–Crippen MR) is 89.7 cm³/mol. The van der Waals surface area contributed by atoms with Gasteiger partial charge in [-0.15, -0.1) is 5.10 Å². The first-order chi connectivity index (χ1) is 13.0. The summed E-state index contributed by atoms with van der Waals surface area (Å²) < 4.78 is 30.6. The highest BCUT2D eigenvalue weighted by Crippen LogP contribution is 2.46. The number of amides is 2. The zero-order valence-electron chi connectivity index (χ0n) is 15.9. The first-order valence-electron chi connectivity index (χ1n) is 8.87. The second kappa shape index (κ2) is 6.19. The molecule has 0 bridgehead atoms. The third-order valence-electron chi connectivity index (χ3n) is 4.89. The average molecular weight is 397 g/mol. The molecule has 0 saturated carbocycles. The summed E-state index contributed by atoms with van der Waals surface area (Å²) >= 11 is 0. The van der Waals surface area contributed by atoms with Crippen LogP contribution in [0.1, 0.15) is 54.7 Å². The quantitative estimate of drug-likeness (QED) is 0.651. The number of rotatable bonds is 4. The Morgan fingerprint density at radius 3 is 2.32 bits per heavy atom. The van der Waals surface area contributed by atoms with Gasteiger partial charge in [-0.25, -0.2) is 4.68 Å². The lowest BCUT2D eigenvalue weighted by molar-refractivity contribution is -0.226. The Kier molecular flexibility index (Phi) is 4.25. The largest absolute Gasteiger partial charge is 0.364 e. The van der Waals surface area contributed by atoms with Gasteiger partial charge in [-0.3, -0.25) is 9.59 Å². The molecule has 2 amide bonds. The molecule has 1 aromatic heterocycles. The van der Waals surface area contributed by atoms with E-state index in [0.29, 0.717) is 0 Å². The van der Waals surface area contributed by atoms with E-state index in [1.807, 2.05) is 0 Å². The van der Waals surface area contributed by atoms with Crippen LogP contribution in [0.5, 0.6) is 0 Å². The molecule has 3 fully saturated rings. The van der Waals surface area contributed by atoms with Crippen LogP contribution in [0.3, 0.4) is 0 Å². The summed E-state index contributed by atoms with van der Waals surface area (Å²) in [6, 6.07) is -0.711. The molecule has 5 atom stereocenters. The molecule has 3 saturated heterocycles. The molecular formula is C16H23N5O7. The number of nitrogens with zero attached hydrogens (tertiary/aromatic N) is 3. The summed E-state index contributed by atoms with van der Waals surface area (Å²) in [5.41, 5.74) is 10.2. The normalized spacial score (nSPS) is 35.8. The number of hydrogen-bond donors (Lipinski definition) is 2. The van der Waals surface area contributed by atoms with Crippen molar-refractivity contribution >= 4 is 11.8 Å². The van der Waals surface area contributed by atoms with E-state index in [-0.39, 0.29) is 18.0 Å². The summed E-state index contributed by atoms with van der Waals surface area (Å²) in [5.74, 6) is -3.53. The van der Waals surface area contributed by atoms with Crippen molar-refractivity contribution in [1.29, 1.82) is 0 Å². The van der Waals surface area contributed by atoms with Crippen molar-refractivity contribution < 1.29 is 33.3 Å². The number of aromatic nitrogens is 3. The molecule has 1 aromatic rings. The van der Waals surface area contributed by atoms with E-state index in [0.717, 1.165) is 0 Å². The maximum atomic E-state index is 12.1. The fourth-order valence-electron chi connectivity index (χ4n) is 3.88. The molecule has 12 nitrogen and oxygen atoms in total. The van der Waals surface area contributed by atoms with Crippen molar-refractivity contribution in [2.45, 2.75) is 69.9 Å². The van der Waals surface area contributed by atoms with Gasteiger partial charge in [-0.2, -0.15) is 0 Å². The molecule has 4 N–H and O–H groups in total. The molecule has 3 aliphatic rings. The van der Waals surface area contributed by atoms with Gasteiger partial charge < -0.3 is 35.2 Å². The molecule has 4 rings (SSSR count). The molecular weight excluding hydrogens is 374 g/mol. The van der Waals surface area contributed by atoms with Crippen molar-refractivity contribution in [3.8, 4) is 0 Å². The molecule has 0 spiro atoms. The van der Waals surface area contributed by atoms with Gasteiger partial charge in [0.1, 0.15) is 24.4 Å². The van der Waals surface area contributed by atoms with Gasteiger partial charge in [0, 0.05) is 0 Å². The molecule has 0 aliphatic carbocycles. The Morgan fingerprint density at radius 2 is 1.75 bits per heavy atom. The van der Waals surface area contributed by atoms with Crippen LogP contribution in [0, 0.1) is 0 Å². The van der Waals surface area contributed by atoms with Crippen LogP contribution in [0.25, 0.3) is 0 Å². The Hall–Kier alpha value is -2.12. The van der Waals surface area contributed by atoms with Crippen molar-refractivity contribution in [2.24, 2.45) is 11.5 Å². The second-order valence-electron chi connectivity index (χ2n) is 7.89. The van der Waals surface area contributed by atoms with Gasteiger partial charge >= 0.3 is 0 Å². The molecule has 4 heterocycles. The highest BCUT2D eigenvalue weighted by molar-refractivity contribution is 6.03. The maximum absolute atomic E-state index is 12.1. The fraction of sp³-hybridized carbons (Fsp3) is 0.750. The number of carbonyl (C=O) groups excluding carboxylic acids is 2. The number of nitrogens with two attached hydrogens (primary N) is 2. The zero-order valence-corrected chi connectivity index (χ0v) is 15.9. The maximum Gasteiger partial charge on any atom is 0.271 e. The topological polar surface area (TPSA) is 163 Å². The lowest BCUT2D eigenvalue weighted by Gasteiger charge is -2.29. The van der Waals surface area contributed by atoms with E-state index in [4.69, 9.17) is 35.2 Å². The lowest BCUT2D eigenvalue weighted by Crippen LogP contribution is -2.42. The Bertz CT molecular complexity index is 822. The Balaban J connectivity index is 1.76. The lowest BCUT2D eigenvalue weighted by atomic mass is 10.0. The molecule has 154 valence electrons. The summed E-state index contributed by atoms with van der Waals surface area (Å²) in [5, 5.41) is 7.70.